The molecule has 0 aliphatic carbocycles. The fraction of sp³-hybridized carbons (Fsp3) is 0.107. The van der Waals surface area contributed by atoms with Crippen molar-refractivity contribution < 1.29 is 4.79 Å². The third kappa shape index (κ3) is 3.71. The largest absolute Gasteiger partial charge is 0.379 e. The summed E-state index contributed by atoms with van der Waals surface area (Å²) < 4.78 is 0. The maximum absolute atomic E-state index is 12.8. The molecule has 2 N–H and O–H groups in total. The average molecular weight is 420 g/mol. The number of hydrogen-bond donors (Lipinski definition) is 2. The number of rotatable bonds is 3. The summed E-state index contributed by atoms with van der Waals surface area (Å²) in [7, 11) is 0. The highest BCUT2D eigenvalue weighted by Crippen LogP contribution is 2.39. The minimum Gasteiger partial charge on any atom is -0.379 e. The predicted molar refractivity (Wildman–Crippen MR) is 134 cm³/mol. The molecule has 1 amide bonds. The Balaban J connectivity index is 1.44. The number of aryl methyl sites for hydroxylation is 2. The Morgan fingerprint density at radius 2 is 1.75 bits per heavy atom. The van der Waals surface area contributed by atoms with E-state index < -0.39 is 0 Å². The van der Waals surface area contributed by atoms with Crippen LogP contribution in [0.15, 0.2) is 91.1 Å². The molecule has 0 aromatic heterocycles. The van der Waals surface area contributed by atoms with Crippen LogP contribution in [0.25, 0.3) is 10.8 Å². The number of benzene rings is 4. The first-order valence-electron chi connectivity index (χ1n) is 10.8. The number of amides is 1. The molecule has 32 heavy (non-hydrogen) atoms. The van der Waals surface area contributed by atoms with Crippen LogP contribution in [0.3, 0.4) is 0 Å². The summed E-state index contributed by atoms with van der Waals surface area (Å²) >= 11 is 0. The Labute approximate surface area is 188 Å². The first-order chi connectivity index (χ1) is 15.6. The lowest BCUT2D eigenvalue weighted by atomic mass is 10.0. The number of nitrogens with one attached hydrogen (secondary N) is 2. The van der Waals surface area contributed by atoms with Crippen molar-refractivity contribution in [3.8, 4) is 0 Å². The molecule has 0 saturated carbocycles. The highest BCUT2D eigenvalue weighted by molar-refractivity contribution is 6.05. The summed E-state index contributed by atoms with van der Waals surface area (Å²) in [5, 5.41) is 8.99. The van der Waals surface area contributed by atoms with Gasteiger partial charge in [-0.2, -0.15) is 0 Å². The van der Waals surface area contributed by atoms with Gasteiger partial charge in [-0.1, -0.05) is 48.0 Å². The summed E-state index contributed by atoms with van der Waals surface area (Å²) in [4.78, 5) is 14.9. The molecule has 0 fully saturated rings. The van der Waals surface area contributed by atoms with E-state index in [4.69, 9.17) is 0 Å². The molecule has 158 valence electrons. The SMILES string of the molecule is Cc1ccc(C)c(C(=O)Nc2ccc(N3C=CCNc4c3ccc3ccccc43)cc2)c1. The second-order valence-corrected chi connectivity index (χ2v) is 8.14. The highest BCUT2D eigenvalue weighted by atomic mass is 16.1. The molecule has 1 aliphatic rings. The van der Waals surface area contributed by atoms with E-state index in [2.05, 4.69) is 64.2 Å². The van der Waals surface area contributed by atoms with Gasteiger partial charge in [0.05, 0.1) is 11.4 Å². The van der Waals surface area contributed by atoms with Gasteiger partial charge in [0.2, 0.25) is 0 Å². The van der Waals surface area contributed by atoms with E-state index in [-0.39, 0.29) is 5.91 Å². The molecule has 1 heterocycles. The van der Waals surface area contributed by atoms with E-state index in [1.807, 2.05) is 56.3 Å². The molecule has 0 unspecified atom stereocenters. The first kappa shape index (κ1) is 19.9. The van der Waals surface area contributed by atoms with Crippen LogP contribution >= 0.6 is 0 Å². The number of fused-ring (bicyclic) bond motifs is 3. The molecule has 4 nitrogen and oxygen atoms in total. The number of nitrogens with zero attached hydrogens (tertiary/aromatic N) is 1. The maximum Gasteiger partial charge on any atom is 0.255 e. The molecule has 4 aromatic carbocycles. The zero-order chi connectivity index (χ0) is 22.1. The van der Waals surface area contributed by atoms with E-state index in [1.165, 1.54) is 10.8 Å². The van der Waals surface area contributed by atoms with Crippen LogP contribution in [0.1, 0.15) is 21.5 Å². The van der Waals surface area contributed by atoms with Gasteiger partial charge in [0, 0.05) is 35.1 Å². The highest BCUT2D eigenvalue weighted by Gasteiger charge is 2.16. The fourth-order valence-electron chi connectivity index (χ4n) is 4.16. The number of anilines is 4. The molecule has 0 spiro atoms. The van der Waals surface area contributed by atoms with Crippen molar-refractivity contribution in [3.05, 3.63) is 108 Å². The van der Waals surface area contributed by atoms with Gasteiger partial charge in [-0.25, -0.2) is 0 Å². The van der Waals surface area contributed by atoms with Gasteiger partial charge in [0.25, 0.3) is 5.91 Å². The van der Waals surface area contributed by atoms with Crippen molar-refractivity contribution in [2.24, 2.45) is 0 Å². The van der Waals surface area contributed by atoms with E-state index in [0.29, 0.717) is 5.56 Å². The Kier molecular flexibility index (Phi) is 5.12. The van der Waals surface area contributed by atoms with Crippen LogP contribution in [0.4, 0.5) is 22.7 Å². The standard InChI is InChI=1S/C28H25N3O/c1-19-8-9-20(2)25(18-19)28(32)30-22-11-13-23(14-12-22)31-17-5-16-29-27-24-7-4-3-6-21(24)10-15-26(27)31/h3-15,17-18,29H,16H2,1-2H3,(H,30,32). The Morgan fingerprint density at radius 3 is 2.59 bits per heavy atom. The average Bonchev–Trinajstić information content (AvgIpc) is 3.04. The van der Waals surface area contributed by atoms with Crippen LogP contribution in [-0.2, 0) is 0 Å². The minimum absolute atomic E-state index is 0.0883. The maximum atomic E-state index is 12.8. The molecule has 4 heteroatoms. The van der Waals surface area contributed by atoms with Gasteiger partial charge in [-0.15, -0.1) is 0 Å². The van der Waals surface area contributed by atoms with Gasteiger partial charge in [0.15, 0.2) is 0 Å². The van der Waals surface area contributed by atoms with E-state index in [0.717, 1.165) is 40.4 Å². The van der Waals surface area contributed by atoms with E-state index >= 15 is 0 Å². The van der Waals surface area contributed by atoms with E-state index in [9.17, 15) is 4.79 Å². The van der Waals surface area contributed by atoms with E-state index in [1.54, 1.807) is 0 Å². The van der Waals surface area contributed by atoms with Crippen LogP contribution in [-0.4, -0.2) is 12.5 Å². The van der Waals surface area contributed by atoms with Crippen LogP contribution < -0.4 is 15.5 Å². The lowest BCUT2D eigenvalue weighted by molar-refractivity contribution is 0.102. The Hall–Kier alpha value is -4.05. The third-order valence-electron chi connectivity index (χ3n) is 5.86. The summed E-state index contributed by atoms with van der Waals surface area (Å²) in [5.41, 5.74) is 6.78. The van der Waals surface area contributed by atoms with Gasteiger partial charge >= 0.3 is 0 Å². The van der Waals surface area contributed by atoms with Crippen molar-refractivity contribution in [3.63, 3.8) is 0 Å². The van der Waals surface area contributed by atoms with Crippen molar-refractivity contribution in [1.29, 1.82) is 0 Å². The van der Waals surface area contributed by atoms with Crippen molar-refractivity contribution in [1.82, 2.24) is 0 Å². The predicted octanol–water partition coefficient (Wildman–Crippen LogP) is 6.79. The summed E-state index contributed by atoms with van der Waals surface area (Å²) in [6.45, 7) is 4.72. The van der Waals surface area contributed by atoms with Crippen molar-refractivity contribution >= 4 is 39.4 Å². The molecule has 0 saturated heterocycles. The topological polar surface area (TPSA) is 44.4 Å². The van der Waals surface area contributed by atoms with Gasteiger partial charge in [-0.05, 0) is 67.3 Å². The first-order valence-corrected chi connectivity index (χ1v) is 10.8. The van der Waals surface area contributed by atoms with Crippen molar-refractivity contribution in [2.75, 3.05) is 22.1 Å². The summed E-state index contributed by atoms with van der Waals surface area (Å²) in [6.07, 6.45) is 4.21. The van der Waals surface area contributed by atoms with Gasteiger partial charge in [0.1, 0.15) is 0 Å². The minimum atomic E-state index is -0.0883. The van der Waals surface area contributed by atoms with Crippen LogP contribution in [0.2, 0.25) is 0 Å². The zero-order valence-electron chi connectivity index (χ0n) is 18.2. The number of hydrogen-bond acceptors (Lipinski definition) is 3. The molecular weight excluding hydrogens is 394 g/mol. The van der Waals surface area contributed by atoms with Crippen molar-refractivity contribution in [2.45, 2.75) is 13.8 Å². The van der Waals surface area contributed by atoms with Crippen LogP contribution in [0, 0.1) is 13.8 Å². The Bertz CT molecular complexity index is 1340. The number of carbonyl (C=O) groups excluding carboxylic acids is 1. The second-order valence-electron chi connectivity index (χ2n) is 8.14. The number of carbonyl (C=O) groups is 1. The molecule has 0 bridgehead atoms. The van der Waals surface area contributed by atoms with Gasteiger partial charge in [-0.3, -0.25) is 4.79 Å². The molecule has 0 radical (unpaired) electrons. The molecule has 0 atom stereocenters. The second kappa shape index (κ2) is 8.23. The summed E-state index contributed by atoms with van der Waals surface area (Å²) in [6, 6.07) is 26.6. The lowest BCUT2D eigenvalue weighted by Gasteiger charge is -2.23. The summed E-state index contributed by atoms with van der Waals surface area (Å²) in [5.74, 6) is -0.0883. The molecular formula is C28H25N3O. The third-order valence-corrected chi connectivity index (χ3v) is 5.86. The van der Waals surface area contributed by atoms with Crippen LogP contribution in [0.5, 0.6) is 0 Å². The normalized spacial score (nSPS) is 12.8. The smallest absolute Gasteiger partial charge is 0.255 e. The Morgan fingerprint density at radius 1 is 0.938 bits per heavy atom. The zero-order valence-corrected chi connectivity index (χ0v) is 18.2. The quantitative estimate of drug-likeness (QED) is 0.384. The molecule has 4 aromatic rings. The van der Waals surface area contributed by atoms with Gasteiger partial charge < -0.3 is 15.5 Å². The lowest BCUT2D eigenvalue weighted by Crippen LogP contribution is -2.14. The molecule has 1 aliphatic heterocycles. The fourth-order valence-corrected chi connectivity index (χ4v) is 4.16. The molecule has 5 rings (SSSR count). The monoisotopic (exact) mass is 419 g/mol.